The highest BCUT2D eigenvalue weighted by Gasteiger charge is 2.19. The SMILES string of the molecule is NC(CCC(=O)NC(=O)C(N)Cc1cnc[nH]1)C(=O)O. The Morgan fingerprint density at radius 1 is 1.35 bits per heavy atom. The van der Waals surface area contributed by atoms with E-state index in [0.29, 0.717) is 5.69 Å². The third-order valence-electron chi connectivity index (χ3n) is 2.59. The molecule has 1 aromatic rings. The zero-order chi connectivity index (χ0) is 15.1. The maximum atomic E-state index is 11.6. The van der Waals surface area contributed by atoms with Gasteiger partial charge in [-0.3, -0.25) is 19.7 Å². The first kappa shape index (κ1) is 15.8. The Kier molecular flexibility index (Phi) is 5.81. The van der Waals surface area contributed by atoms with Crippen molar-refractivity contribution >= 4 is 17.8 Å². The molecule has 0 aromatic carbocycles. The summed E-state index contributed by atoms with van der Waals surface area (Å²) in [5, 5.41) is 10.7. The smallest absolute Gasteiger partial charge is 0.320 e. The lowest BCUT2D eigenvalue weighted by Crippen LogP contribution is -2.45. The van der Waals surface area contributed by atoms with Gasteiger partial charge in [-0.2, -0.15) is 0 Å². The van der Waals surface area contributed by atoms with E-state index in [1.54, 1.807) is 0 Å². The Labute approximate surface area is 114 Å². The Hall–Kier alpha value is -2.26. The lowest BCUT2D eigenvalue weighted by molar-refractivity contribution is -0.138. The minimum absolute atomic E-state index is 0.0514. The first-order valence-electron chi connectivity index (χ1n) is 5.95. The van der Waals surface area contributed by atoms with Crippen molar-refractivity contribution in [1.82, 2.24) is 15.3 Å². The van der Waals surface area contributed by atoms with Crippen LogP contribution in [0.5, 0.6) is 0 Å². The van der Waals surface area contributed by atoms with Crippen LogP contribution in [0.4, 0.5) is 0 Å². The Bertz CT molecular complexity index is 473. The summed E-state index contributed by atoms with van der Waals surface area (Å²) in [5.41, 5.74) is 11.5. The number of carbonyl (C=O) groups excluding carboxylic acids is 2. The van der Waals surface area contributed by atoms with Gasteiger partial charge < -0.3 is 21.6 Å². The number of carbonyl (C=O) groups is 3. The standard InChI is InChI=1S/C11H17N5O4/c12-7(11(19)20)1-2-9(17)16-10(18)8(13)3-6-4-14-5-15-6/h4-5,7-8H,1-3,12-13H2,(H,14,15)(H,19,20)(H,16,17,18). The van der Waals surface area contributed by atoms with Gasteiger partial charge in [0, 0.05) is 24.7 Å². The Morgan fingerprint density at radius 3 is 2.60 bits per heavy atom. The van der Waals surface area contributed by atoms with E-state index in [1.807, 2.05) is 0 Å². The molecule has 1 rings (SSSR count). The summed E-state index contributed by atoms with van der Waals surface area (Å²) < 4.78 is 0. The van der Waals surface area contributed by atoms with Crippen molar-refractivity contribution < 1.29 is 19.5 Å². The number of amides is 2. The van der Waals surface area contributed by atoms with Crippen LogP contribution >= 0.6 is 0 Å². The number of H-pyrrole nitrogens is 1. The highest BCUT2D eigenvalue weighted by molar-refractivity contribution is 5.97. The molecule has 7 N–H and O–H groups in total. The van der Waals surface area contributed by atoms with Gasteiger partial charge in [-0.15, -0.1) is 0 Å². The van der Waals surface area contributed by atoms with Gasteiger partial charge in [0.25, 0.3) is 0 Å². The third-order valence-corrected chi connectivity index (χ3v) is 2.59. The van der Waals surface area contributed by atoms with Crippen LogP contribution in [0, 0.1) is 0 Å². The van der Waals surface area contributed by atoms with Crippen molar-refractivity contribution in [2.75, 3.05) is 0 Å². The van der Waals surface area contributed by atoms with Crippen LogP contribution in [0.3, 0.4) is 0 Å². The van der Waals surface area contributed by atoms with Gasteiger partial charge >= 0.3 is 5.97 Å². The molecule has 0 fully saturated rings. The number of imidazole rings is 1. The van der Waals surface area contributed by atoms with E-state index in [1.165, 1.54) is 12.5 Å². The average Bonchev–Trinajstić information content (AvgIpc) is 2.88. The number of aromatic nitrogens is 2. The van der Waals surface area contributed by atoms with E-state index < -0.39 is 29.9 Å². The molecule has 9 nitrogen and oxygen atoms in total. The number of rotatable bonds is 7. The van der Waals surface area contributed by atoms with Crippen molar-refractivity contribution in [2.24, 2.45) is 11.5 Å². The number of nitrogens with zero attached hydrogens (tertiary/aromatic N) is 1. The lowest BCUT2D eigenvalue weighted by atomic mass is 10.1. The fourth-order valence-electron chi connectivity index (χ4n) is 1.43. The van der Waals surface area contributed by atoms with E-state index in [-0.39, 0.29) is 19.3 Å². The highest BCUT2D eigenvalue weighted by Crippen LogP contribution is 1.98. The highest BCUT2D eigenvalue weighted by atomic mass is 16.4. The van der Waals surface area contributed by atoms with Crippen LogP contribution in [-0.2, 0) is 20.8 Å². The second-order valence-electron chi connectivity index (χ2n) is 4.28. The van der Waals surface area contributed by atoms with Crippen LogP contribution < -0.4 is 16.8 Å². The number of imide groups is 1. The summed E-state index contributed by atoms with van der Waals surface area (Å²) in [6.07, 6.45) is 2.99. The van der Waals surface area contributed by atoms with Gasteiger partial charge in [-0.1, -0.05) is 0 Å². The number of hydrogen-bond donors (Lipinski definition) is 5. The minimum atomic E-state index is -1.19. The zero-order valence-corrected chi connectivity index (χ0v) is 10.7. The maximum absolute atomic E-state index is 11.6. The molecule has 0 spiro atoms. The average molecular weight is 283 g/mol. The van der Waals surface area contributed by atoms with Gasteiger partial charge in [0.1, 0.15) is 6.04 Å². The molecule has 20 heavy (non-hydrogen) atoms. The molecular formula is C11H17N5O4. The van der Waals surface area contributed by atoms with Crippen molar-refractivity contribution in [3.05, 3.63) is 18.2 Å². The normalized spacial score (nSPS) is 13.5. The predicted octanol–water partition coefficient (Wildman–Crippen LogP) is -1.89. The number of aromatic amines is 1. The first-order valence-corrected chi connectivity index (χ1v) is 5.95. The second-order valence-corrected chi connectivity index (χ2v) is 4.28. The molecule has 2 atom stereocenters. The fourth-order valence-corrected chi connectivity index (χ4v) is 1.43. The van der Waals surface area contributed by atoms with Crippen molar-refractivity contribution in [3.8, 4) is 0 Å². The van der Waals surface area contributed by atoms with Crippen molar-refractivity contribution in [3.63, 3.8) is 0 Å². The third kappa shape index (κ3) is 5.16. The maximum Gasteiger partial charge on any atom is 0.320 e. The summed E-state index contributed by atoms with van der Waals surface area (Å²) in [5.74, 6) is -2.43. The molecule has 0 aliphatic carbocycles. The number of nitrogens with two attached hydrogens (primary N) is 2. The van der Waals surface area contributed by atoms with Gasteiger partial charge in [0.2, 0.25) is 11.8 Å². The predicted molar refractivity (Wildman–Crippen MR) is 68.3 cm³/mol. The lowest BCUT2D eigenvalue weighted by Gasteiger charge is -2.11. The fraction of sp³-hybridized carbons (Fsp3) is 0.455. The van der Waals surface area contributed by atoms with Crippen LogP contribution in [0.1, 0.15) is 18.5 Å². The molecule has 1 heterocycles. The van der Waals surface area contributed by atoms with E-state index in [2.05, 4.69) is 15.3 Å². The number of carboxylic acids is 1. The summed E-state index contributed by atoms with van der Waals surface area (Å²) >= 11 is 0. The van der Waals surface area contributed by atoms with Gasteiger partial charge in [0.05, 0.1) is 12.4 Å². The summed E-state index contributed by atoms with van der Waals surface area (Å²) in [6, 6.07) is -2.03. The molecule has 2 unspecified atom stereocenters. The molecule has 0 saturated carbocycles. The molecule has 0 radical (unpaired) electrons. The van der Waals surface area contributed by atoms with Gasteiger partial charge in [-0.05, 0) is 6.42 Å². The monoisotopic (exact) mass is 283 g/mol. The zero-order valence-electron chi connectivity index (χ0n) is 10.7. The van der Waals surface area contributed by atoms with Crippen LogP contribution in [0.2, 0.25) is 0 Å². The van der Waals surface area contributed by atoms with E-state index in [0.717, 1.165) is 0 Å². The summed E-state index contributed by atoms with van der Waals surface area (Å²) in [4.78, 5) is 40.1. The molecule has 9 heteroatoms. The number of nitrogens with one attached hydrogen (secondary N) is 2. The van der Waals surface area contributed by atoms with E-state index >= 15 is 0 Å². The molecule has 0 bridgehead atoms. The molecule has 0 aliphatic rings. The molecular weight excluding hydrogens is 266 g/mol. The minimum Gasteiger partial charge on any atom is -0.480 e. The number of hydrogen-bond acceptors (Lipinski definition) is 6. The quantitative estimate of drug-likeness (QED) is 0.390. The molecule has 2 amide bonds. The van der Waals surface area contributed by atoms with Gasteiger partial charge in [0.15, 0.2) is 0 Å². The van der Waals surface area contributed by atoms with Crippen molar-refractivity contribution in [2.45, 2.75) is 31.3 Å². The largest absolute Gasteiger partial charge is 0.480 e. The van der Waals surface area contributed by atoms with Crippen LogP contribution in [-0.4, -0.2) is 44.9 Å². The molecule has 110 valence electrons. The molecule has 0 saturated heterocycles. The van der Waals surface area contributed by atoms with E-state index in [9.17, 15) is 14.4 Å². The Balaban J connectivity index is 2.33. The molecule has 0 aliphatic heterocycles. The number of aliphatic carboxylic acids is 1. The first-order chi connectivity index (χ1) is 9.40. The van der Waals surface area contributed by atoms with E-state index in [4.69, 9.17) is 16.6 Å². The van der Waals surface area contributed by atoms with Crippen molar-refractivity contribution in [1.29, 1.82) is 0 Å². The Morgan fingerprint density at radius 2 is 2.05 bits per heavy atom. The van der Waals surface area contributed by atoms with Crippen LogP contribution in [0.25, 0.3) is 0 Å². The topological polar surface area (TPSA) is 164 Å². The second kappa shape index (κ2) is 7.36. The van der Waals surface area contributed by atoms with Gasteiger partial charge in [-0.25, -0.2) is 4.98 Å². The number of carboxylic acid groups (broad SMARTS) is 1. The summed E-state index contributed by atoms with van der Waals surface area (Å²) in [6.45, 7) is 0. The van der Waals surface area contributed by atoms with Crippen LogP contribution in [0.15, 0.2) is 12.5 Å². The summed E-state index contributed by atoms with van der Waals surface area (Å²) in [7, 11) is 0. The molecule has 1 aromatic heterocycles.